The van der Waals surface area contributed by atoms with Crippen LogP contribution in [0.25, 0.3) is 0 Å². The third-order valence-electron chi connectivity index (χ3n) is 3.50. The molecule has 4 heteroatoms. The van der Waals surface area contributed by atoms with Crippen LogP contribution in [-0.2, 0) is 0 Å². The first-order valence-electron chi connectivity index (χ1n) is 6.38. The molecule has 3 nitrogen and oxygen atoms in total. The molecule has 1 N–H and O–H groups in total. The normalized spacial score (nSPS) is 22.2. The second-order valence-corrected chi connectivity index (χ2v) is 5.89. The van der Waals surface area contributed by atoms with Crippen molar-refractivity contribution in [1.29, 1.82) is 0 Å². The van der Waals surface area contributed by atoms with Gasteiger partial charge in [-0.05, 0) is 42.9 Å². The van der Waals surface area contributed by atoms with Gasteiger partial charge in [0.1, 0.15) is 5.75 Å². The van der Waals surface area contributed by atoms with Crippen LogP contribution in [0.5, 0.6) is 5.75 Å². The fraction of sp³-hybridized carbons (Fsp3) is 0.400. The number of rotatable bonds is 4. The molecule has 1 aromatic carbocycles. The minimum Gasteiger partial charge on any atom is -0.493 e. The Balaban J connectivity index is 2.03. The molecule has 0 spiro atoms. The zero-order chi connectivity index (χ0) is 13.8. The van der Waals surface area contributed by atoms with Crippen molar-refractivity contribution in [3.8, 4) is 5.75 Å². The van der Waals surface area contributed by atoms with Crippen molar-refractivity contribution in [2.24, 2.45) is 11.8 Å². The number of carbonyl (C=O) groups is 1. The summed E-state index contributed by atoms with van der Waals surface area (Å²) in [6.45, 7) is 2.85. The van der Waals surface area contributed by atoms with Crippen molar-refractivity contribution in [3.63, 3.8) is 0 Å². The molecule has 1 aromatic rings. The van der Waals surface area contributed by atoms with E-state index >= 15 is 0 Å². The lowest BCUT2D eigenvalue weighted by molar-refractivity contribution is 0.0696. The maximum atomic E-state index is 11.0. The highest BCUT2D eigenvalue weighted by Crippen LogP contribution is 2.27. The number of carboxylic acid groups (broad SMARTS) is 1. The number of hydrogen-bond donors (Lipinski definition) is 1. The number of allylic oxidation sites excluding steroid dienone is 2. The highest BCUT2D eigenvalue weighted by Gasteiger charge is 2.19. The summed E-state index contributed by atoms with van der Waals surface area (Å²) in [6.07, 6.45) is 6.52. The van der Waals surface area contributed by atoms with Gasteiger partial charge in [0.25, 0.3) is 0 Å². The Labute approximate surface area is 121 Å². The standard InChI is InChI=1S/C15H17BrO3/c1-10-4-2-3-5-11(10)9-19-14-7-12(15(17)18)6-13(16)8-14/h2-3,6-8,10-11H,4-5,9H2,1H3,(H,17,18). The third kappa shape index (κ3) is 3.83. The van der Waals surface area contributed by atoms with E-state index in [1.807, 2.05) is 0 Å². The van der Waals surface area contributed by atoms with E-state index in [9.17, 15) is 4.79 Å². The van der Waals surface area contributed by atoms with Gasteiger partial charge in [-0.2, -0.15) is 0 Å². The molecule has 0 radical (unpaired) electrons. The van der Waals surface area contributed by atoms with Crippen LogP contribution in [0.15, 0.2) is 34.8 Å². The van der Waals surface area contributed by atoms with E-state index in [0.29, 0.717) is 24.2 Å². The predicted octanol–water partition coefficient (Wildman–Crippen LogP) is 4.13. The van der Waals surface area contributed by atoms with Crippen molar-refractivity contribution < 1.29 is 14.6 Å². The number of ether oxygens (including phenoxy) is 1. The molecule has 2 unspecified atom stereocenters. The molecule has 1 aliphatic rings. The Morgan fingerprint density at radius 2 is 2.11 bits per heavy atom. The molecule has 0 saturated carbocycles. The van der Waals surface area contributed by atoms with Crippen molar-refractivity contribution in [3.05, 3.63) is 40.4 Å². The van der Waals surface area contributed by atoms with Crippen LogP contribution in [0.4, 0.5) is 0 Å². The van der Waals surface area contributed by atoms with Crippen molar-refractivity contribution in [1.82, 2.24) is 0 Å². The minimum atomic E-state index is -0.944. The maximum Gasteiger partial charge on any atom is 0.335 e. The van der Waals surface area contributed by atoms with E-state index in [4.69, 9.17) is 9.84 Å². The number of aromatic carboxylic acids is 1. The smallest absolute Gasteiger partial charge is 0.335 e. The summed E-state index contributed by atoms with van der Waals surface area (Å²) < 4.78 is 6.48. The summed E-state index contributed by atoms with van der Waals surface area (Å²) in [7, 11) is 0. The fourth-order valence-electron chi connectivity index (χ4n) is 2.21. The second kappa shape index (κ2) is 6.24. The Hall–Kier alpha value is -1.29. The van der Waals surface area contributed by atoms with E-state index in [2.05, 4.69) is 35.0 Å². The summed E-state index contributed by atoms with van der Waals surface area (Å²) in [5, 5.41) is 9.01. The topological polar surface area (TPSA) is 46.5 Å². The van der Waals surface area contributed by atoms with E-state index < -0.39 is 5.97 Å². The molecular weight excluding hydrogens is 308 g/mol. The Bertz CT molecular complexity index is 496. The molecule has 0 fully saturated rings. The van der Waals surface area contributed by atoms with Crippen molar-refractivity contribution in [2.45, 2.75) is 19.8 Å². The van der Waals surface area contributed by atoms with E-state index in [1.54, 1.807) is 18.2 Å². The minimum absolute atomic E-state index is 0.237. The van der Waals surface area contributed by atoms with E-state index in [1.165, 1.54) is 0 Å². The van der Waals surface area contributed by atoms with Gasteiger partial charge >= 0.3 is 5.97 Å². The van der Waals surface area contributed by atoms with Crippen LogP contribution in [0.3, 0.4) is 0 Å². The van der Waals surface area contributed by atoms with Gasteiger partial charge in [-0.25, -0.2) is 4.79 Å². The van der Waals surface area contributed by atoms with Crippen LogP contribution in [0, 0.1) is 11.8 Å². The lowest BCUT2D eigenvalue weighted by atomic mass is 9.85. The summed E-state index contributed by atoms with van der Waals surface area (Å²) >= 11 is 3.30. The average Bonchev–Trinajstić information content (AvgIpc) is 2.37. The van der Waals surface area contributed by atoms with Crippen LogP contribution in [-0.4, -0.2) is 17.7 Å². The SMILES string of the molecule is CC1CC=CCC1COc1cc(Br)cc(C(=O)O)c1. The van der Waals surface area contributed by atoms with Crippen molar-refractivity contribution >= 4 is 21.9 Å². The zero-order valence-electron chi connectivity index (χ0n) is 10.8. The Morgan fingerprint density at radius 3 is 2.79 bits per heavy atom. The second-order valence-electron chi connectivity index (χ2n) is 4.97. The molecule has 1 aliphatic carbocycles. The summed E-state index contributed by atoms with van der Waals surface area (Å²) in [5.41, 5.74) is 0.237. The molecule has 2 atom stereocenters. The highest BCUT2D eigenvalue weighted by molar-refractivity contribution is 9.10. The zero-order valence-corrected chi connectivity index (χ0v) is 12.4. The summed E-state index contributed by atoms with van der Waals surface area (Å²) in [5.74, 6) is 0.766. The lowest BCUT2D eigenvalue weighted by Gasteiger charge is -2.25. The molecule has 0 bridgehead atoms. The maximum absolute atomic E-state index is 11.0. The van der Waals surface area contributed by atoms with E-state index in [-0.39, 0.29) is 5.56 Å². The molecule has 0 amide bonds. The van der Waals surface area contributed by atoms with Crippen LogP contribution >= 0.6 is 15.9 Å². The Morgan fingerprint density at radius 1 is 1.37 bits per heavy atom. The molecule has 0 heterocycles. The van der Waals surface area contributed by atoms with Gasteiger partial charge in [-0.15, -0.1) is 0 Å². The predicted molar refractivity (Wildman–Crippen MR) is 77.6 cm³/mol. The molecule has 0 saturated heterocycles. The first-order valence-corrected chi connectivity index (χ1v) is 7.17. The van der Waals surface area contributed by atoms with Gasteiger partial charge in [0.05, 0.1) is 12.2 Å². The molecule has 0 aromatic heterocycles. The fourth-order valence-corrected chi connectivity index (χ4v) is 2.68. The Kier molecular flexibility index (Phi) is 4.64. The largest absolute Gasteiger partial charge is 0.493 e. The summed E-state index contributed by atoms with van der Waals surface area (Å²) in [6, 6.07) is 4.94. The number of hydrogen-bond acceptors (Lipinski definition) is 2. The van der Waals surface area contributed by atoms with Crippen molar-refractivity contribution in [2.75, 3.05) is 6.61 Å². The molecule has 2 rings (SSSR count). The quantitative estimate of drug-likeness (QED) is 0.847. The van der Waals surface area contributed by atoms with Gasteiger partial charge < -0.3 is 9.84 Å². The van der Waals surface area contributed by atoms with Crippen LogP contribution < -0.4 is 4.74 Å². The molecular formula is C15H17BrO3. The van der Waals surface area contributed by atoms with E-state index in [0.717, 1.165) is 17.3 Å². The van der Waals surface area contributed by atoms with Gasteiger partial charge in [0.15, 0.2) is 0 Å². The van der Waals surface area contributed by atoms with Crippen LogP contribution in [0.1, 0.15) is 30.1 Å². The molecule has 0 aliphatic heterocycles. The van der Waals surface area contributed by atoms with Gasteiger partial charge in [0.2, 0.25) is 0 Å². The highest BCUT2D eigenvalue weighted by atomic mass is 79.9. The summed E-state index contributed by atoms with van der Waals surface area (Å²) in [4.78, 5) is 11.0. The van der Waals surface area contributed by atoms with Gasteiger partial charge in [-0.1, -0.05) is 35.0 Å². The number of carboxylic acids is 1. The van der Waals surface area contributed by atoms with Gasteiger partial charge in [-0.3, -0.25) is 0 Å². The van der Waals surface area contributed by atoms with Crippen LogP contribution in [0.2, 0.25) is 0 Å². The van der Waals surface area contributed by atoms with Gasteiger partial charge in [0, 0.05) is 4.47 Å². The first kappa shape index (κ1) is 14.1. The lowest BCUT2D eigenvalue weighted by Crippen LogP contribution is -2.21. The average molecular weight is 325 g/mol. The number of benzene rings is 1. The molecule has 19 heavy (non-hydrogen) atoms. The monoisotopic (exact) mass is 324 g/mol. The molecule has 102 valence electrons. The number of halogens is 1. The first-order chi connectivity index (χ1) is 9.06. The third-order valence-corrected chi connectivity index (χ3v) is 3.96.